The van der Waals surface area contributed by atoms with Crippen molar-refractivity contribution in [3.63, 3.8) is 0 Å². The number of nitrogens with one attached hydrogen (secondary N) is 1. The molecule has 4 nitrogen and oxygen atoms in total. The largest absolute Gasteiger partial charge is 0.294 e. The molecule has 18 heavy (non-hydrogen) atoms. The fourth-order valence-corrected chi connectivity index (χ4v) is 2.91. The lowest BCUT2D eigenvalue weighted by Crippen LogP contribution is -2.55. The Hall–Kier alpha value is -1.68. The van der Waals surface area contributed by atoms with Gasteiger partial charge in [-0.1, -0.05) is 24.3 Å². The predicted octanol–water partition coefficient (Wildman–Crippen LogP) is 0.502. The molecule has 1 saturated heterocycles. The highest BCUT2D eigenvalue weighted by molar-refractivity contribution is 5.99. The van der Waals surface area contributed by atoms with Crippen molar-refractivity contribution in [1.82, 2.24) is 10.2 Å². The molecule has 94 valence electrons. The number of carbonyl (C=O) groups excluding carboxylic acids is 2. The number of imide groups is 1. The number of piperazine rings is 1. The van der Waals surface area contributed by atoms with Crippen LogP contribution < -0.4 is 5.32 Å². The first-order chi connectivity index (χ1) is 8.72. The summed E-state index contributed by atoms with van der Waals surface area (Å²) in [5.41, 5.74) is 2.76. The maximum absolute atomic E-state index is 11.4. The highest BCUT2D eigenvalue weighted by atomic mass is 16.2. The molecular formula is C14H16N2O2. The number of fused-ring (bicyclic) bond motifs is 1. The Morgan fingerprint density at radius 3 is 2.44 bits per heavy atom. The van der Waals surface area contributed by atoms with Gasteiger partial charge in [0.2, 0.25) is 11.8 Å². The molecule has 1 N–H and O–H groups in total. The van der Waals surface area contributed by atoms with E-state index < -0.39 is 0 Å². The van der Waals surface area contributed by atoms with Crippen molar-refractivity contribution in [3.8, 4) is 0 Å². The number of benzene rings is 1. The fourth-order valence-electron chi connectivity index (χ4n) is 2.91. The minimum absolute atomic E-state index is 0.176. The van der Waals surface area contributed by atoms with E-state index in [9.17, 15) is 9.59 Å². The number of nitrogens with zero attached hydrogens (tertiary/aromatic N) is 1. The van der Waals surface area contributed by atoms with Crippen molar-refractivity contribution in [3.05, 3.63) is 35.4 Å². The van der Waals surface area contributed by atoms with Gasteiger partial charge in [-0.25, -0.2) is 0 Å². The van der Waals surface area contributed by atoms with Crippen molar-refractivity contribution in [2.75, 3.05) is 13.1 Å². The van der Waals surface area contributed by atoms with Gasteiger partial charge in [-0.3, -0.25) is 19.8 Å². The van der Waals surface area contributed by atoms with E-state index in [4.69, 9.17) is 0 Å². The monoisotopic (exact) mass is 244 g/mol. The van der Waals surface area contributed by atoms with E-state index in [0.29, 0.717) is 19.1 Å². The molecule has 0 radical (unpaired) electrons. The van der Waals surface area contributed by atoms with Crippen molar-refractivity contribution in [1.29, 1.82) is 0 Å². The molecule has 2 amide bonds. The van der Waals surface area contributed by atoms with Crippen LogP contribution in [0.3, 0.4) is 0 Å². The van der Waals surface area contributed by atoms with E-state index in [1.54, 1.807) is 0 Å². The van der Waals surface area contributed by atoms with Gasteiger partial charge in [-0.2, -0.15) is 0 Å². The number of aryl methyl sites for hydroxylation is 1. The molecule has 4 heteroatoms. The van der Waals surface area contributed by atoms with Gasteiger partial charge in [0.15, 0.2) is 0 Å². The van der Waals surface area contributed by atoms with E-state index in [0.717, 1.165) is 19.3 Å². The average molecular weight is 244 g/mol. The van der Waals surface area contributed by atoms with Crippen LogP contribution in [0.5, 0.6) is 0 Å². The van der Waals surface area contributed by atoms with Gasteiger partial charge in [0, 0.05) is 6.04 Å². The van der Waals surface area contributed by atoms with Gasteiger partial charge in [0.25, 0.3) is 0 Å². The third kappa shape index (κ3) is 2.16. The Morgan fingerprint density at radius 1 is 1.06 bits per heavy atom. The summed E-state index contributed by atoms with van der Waals surface area (Å²) in [6.07, 6.45) is 3.00. The Balaban J connectivity index is 1.75. The summed E-state index contributed by atoms with van der Waals surface area (Å²) >= 11 is 0. The van der Waals surface area contributed by atoms with Gasteiger partial charge < -0.3 is 0 Å². The van der Waals surface area contributed by atoms with Gasteiger partial charge >= 0.3 is 0 Å². The molecule has 1 aliphatic heterocycles. The summed E-state index contributed by atoms with van der Waals surface area (Å²) in [5, 5.41) is 2.35. The third-order valence-corrected chi connectivity index (χ3v) is 3.81. The Labute approximate surface area is 106 Å². The number of carbonyl (C=O) groups is 2. The number of amides is 2. The smallest absolute Gasteiger partial charge is 0.240 e. The van der Waals surface area contributed by atoms with Crippen molar-refractivity contribution in [2.24, 2.45) is 0 Å². The number of hydrogen-bond donors (Lipinski definition) is 1. The topological polar surface area (TPSA) is 49.4 Å². The molecule has 1 atom stereocenters. The van der Waals surface area contributed by atoms with Crippen LogP contribution in [-0.4, -0.2) is 35.8 Å². The van der Waals surface area contributed by atoms with Crippen LogP contribution in [0.2, 0.25) is 0 Å². The highest BCUT2D eigenvalue weighted by Crippen LogP contribution is 2.24. The second kappa shape index (κ2) is 4.53. The fraction of sp³-hybridized carbons (Fsp3) is 0.429. The zero-order valence-electron chi connectivity index (χ0n) is 10.2. The molecule has 1 aliphatic carbocycles. The zero-order chi connectivity index (χ0) is 12.5. The normalized spacial score (nSPS) is 24.6. The minimum Gasteiger partial charge on any atom is -0.294 e. The number of rotatable bonds is 1. The van der Waals surface area contributed by atoms with Gasteiger partial charge in [-0.15, -0.1) is 0 Å². The number of hydrogen-bond acceptors (Lipinski definition) is 3. The van der Waals surface area contributed by atoms with E-state index in [1.807, 2.05) is 4.90 Å². The average Bonchev–Trinajstić information content (AvgIpc) is 2.37. The first-order valence-electron chi connectivity index (χ1n) is 6.36. The maximum Gasteiger partial charge on any atom is 0.240 e. The van der Waals surface area contributed by atoms with E-state index in [1.165, 1.54) is 11.1 Å². The third-order valence-electron chi connectivity index (χ3n) is 3.81. The molecule has 0 spiro atoms. The maximum atomic E-state index is 11.4. The van der Waals surface area contributed by atoms with Gasteiger partial charge in [0.05, 0.1) is 13.1 Å². The zero-order valence-corrected chi connectivity index (χ0v) is 10.2. The molecule has 1 unspecified atom stereocenters. The van der Waals surface area contributed by atoms with Crippen LogP contribution in [0.15, 0.2) is 24.3 Å². The SMILES string of the molecule is O=C1CN(C2CCc3ccccc3C2)CC(=O)N1. The van der Waals surface area contributed by atoms with Crippen LogP contribution in [0, 0.1) is 0 Å². The van der Waals surface area contributed by atoms with E-state index in [-0.39, 0.29) is 11.8 Å². The van der Waals surface area contributed by atoms with Gasteiger partial charge in [0.1, 0.15) is 0 Å². The van der Waals surface area contributed by atoms with Crippen LogP contribution in [0.25, 0.3) is 0 Å². The Kier molecular flexibility index (Phi) is 2.88. The van der Waals surface area contributed by atoms with E-state index >= 15 is 0 Å². The predicted molar refractivity (Wildman–Crippen MR) is 67.0 cm³/mol. The highest BCUT2D eigenvalue weighted by Gasteiger charge is 2.30. The van der Waals surface area contributed by atoms with Gasteiger partial charge in [-0.05, 0) is 30.4 Å². The Morgan fingerprint density at radius 2 is 1.72 bits per heavy atom. The van der Waals surface area contributed by atoms with Crippen LogP contribution >= 0.6 is 0 Å². The van der Waals surface area contributed by atoms with Crippen LogP contribution in [-0.2, 0) is 22.4 Å². The van der Waals surface area contributed by atoms with Crippen LogP contribution in [0.4, 0.5) is 0 Å². The summed E-state index contributed by atoms with van der Waals surface area (Å²) < 4.78 is 0. The molecule has 0 bridgehead atoms. The lowest BCUT2D eigenvalue weighted by atomic mass is 9.87. The standard InChI is InChI=1S/C14H16N2O2/c17-13-8-16(9-14(18)15-13)12-6-5-10-3-1-2-4-11(10)7-12/h1-4,12H,5-9H2,(H,15,17,18). The minimum atomic E-state index is -0.176. The molecule has 2 aliphatic rings. The summed E-state index contributed by atoms with van der Waals surface area (Å²) in [4.78, 5) is 24.8. The molecule has 1 fully saturated rings. The molecule has 1 heterocycles. The first kappa shape index (κ1) is 11.4. The molecule has 3 rings (SSSR count). The van der Waals surface area contributed by atoms with E-state index in [2.05, 4.69) is 29.6 Å². The summed E-state index contributed by atoms with van der Waals surface area (Å²) in [6, 6.07) is 8.74. The molecule has 1 aromatic carbocycles. The summed E-state index contributed by atoms with van der Waals surface area (Å²) in [7, 11) is 0. The van der Waals surface area contributed by atoms with Crippen LogP contribution in [0.1, 0.15) is 17.5 Å². The summed E-state index contributed by atoms with van der Waals surface area (Å²) in [5.74, 6) is -0.352. The van der Waals surface area contributed by atoms with Crippen molar-refractivity contribution < 1.29 is 9.59 Å². The molecule has 0 saturated carbocycles. The van der Waals surface area contributed by atoms with Crippen molar-refractivity contribution in [2.45, 2.75) is 25.3 Å². The molecule has 1 aromatic rings. The first-order valence-corrected chi connectivity index (χ1v) is 6.36. The quantitative estimate of drug-likeness (QED) is 0.732. The van der Waals surface area contributed by atoms with Crippen molar-refractivity contribution >= 4 is 11.8 Å². The Bertz CT molecular complexity index is 482. The second-order valence-electron chi connectivity index (χ2n) is 5.04. The molecular weight excluding hydrogens is 228 g/mol. The lowest BCUT2D eigenvalue weighted by molar-refractivity contribution is -0.137. The second-order valence-corrected chi connectivity index (χ2v) is 5.04. The summed E-state index contributed by atoms with van der Waals surface area (Å²) in [6.45, 7) is 0.692. The molecule has 0 aromatic heterocycles. The lowest BCUT2D eigenvalue weighted by Gasteiger charge is -2.36.